The summed E-state index contributed by atoms with van der Waals surface area (Å²) < 4.78 is 5.49. The van der Waals surface area contributed by atoms with Crippen LogP contribution in [0.15, 0.2) is 53.1 Å². The van der Waals surface area contributed by atoms with E-state index in [0.29, 0.717) is 0 Å². The lowest BCUT2D eigenvalue weighted by Crippen LogP contribution is -2.53. The van der Waals surface area contributed by atoms with Gasteiger partial charge in [0.2, 0.25) is 5.91 Å². The van der Waals surface area contributed by atoms with Crippen molar-refractivity contribution in [2.45, 2.75) is 32.4 Å². The molecule has 0 aliphatic rings. The predicted octanol–water partition coefficient (Wildman–Crippen LogP) is 2.87. The van der Waals surface area contributed by atoms with Crippen molar-refractivity contribution < 1.29 is 9.21 Å². The molecule has 1 atom stereocenters. The number of rotatable bonds is 6. The van der Waals surface area contributed by atoms with Gasteiger partial charge >= 0.3 is 0 Å². The van der Waals surface area contributed by atoms with Gasteiger partial charge in [0.15, 0.2) is 0 Å². The quantitative estimate of drug-likeness (QED) is 0.858. The zero-order chi connectivity index (χ0) is 15.3. The molecule has 1 aromatic heterocycles. The van der Waals surface area contributed by atoms with Crippen LogP contribution in [0.5, 0.6) is 0 Å². The molecule has 21 heavy (non-hydrogen) atoms. The van der Waals surface area contributed by atoms with E-state index in [1.807, 2.05) is 63.2 Å². The Morgan fingerprint density at radius 3 is 2.48 bits per heavy atom. The molecule has 0 bridgehead atoms. The summed E-state index contributed by atoms with van der Waals surface area (Å²) in [5, 5.41) is 6.25. The minimum atomic E-state index is -0.631. The topological polar surface area (TPSA) is 54.3 Å². The maximum atomic E-state index is 12.5. The lowest BCUT2D eigenvalue weighted by Gasteiger charge is -2.27. The summed E-state index contributed by atoms with van der Waals surface area (Å²) in [6.45, 7) is 6.46. The molecule has 4 nitrogen and oxygen atoms in total. The Bertz CT molecular complexity index is 562. The van der Waals surface area contributed by atoms with Crippen LogP contribution < -0.4 is 10.6 Å². The van der Waals surface area contributed by atoms with Crippen molar-refractivity contribution in [1.82, 2.24) is 10.6 Å². The maximum absolute atomic E-state index is 12.5. The third-order valence-electron chi connectivity index (χ3n) is 3.42. The number of carbonyl (C=O) groups is 1. The SMILES string of the molecule is CCNC(C)(C)C(=O)NC(c1ccccc1)c1ccco1. The Labute approximate surface area is 125 Å². The molecule has 0 aliphatic carbocycles. The number of nitrogens with one attached hydrogen (secondary N) is 2. The van der Waals surface area contributed by atoms with Gasteiger partial charge in [-0.3, -0.25) is 4.79 Å². The van der Waals surface area contributed by atoms with Crippen LogP contribution >= 0.6 is 0 Å². The fourth-order valence-electron chi connectivity index (χ4n) is 2.25. The third kappa shape index (κ3) is 3.73. The fraction of sp³-hybridized carbons (Fsp3) is 0.353. The molecule has 1 amide bonds. The van der Waals surface area contributed by atoms with Crippen molar-refractivity contribution in [3.63, 3.8) is 0 Å². The lowest BCUT2D eigenvalue weighted by atomic mass is 10.0. The molecule has 1 aromatic carbocycles. The van der Waals surface area contributed by atoms with Crippen LogP contribution in [0.2, 0.25) is 0 Å². The zero-order valence-corrected chi connectivity index (χ0v) is 12.7. The number of benzene rings is 1. The lowest BCUT2D eigenvalue weighted by molar-refractivity contribution is -0.127. The van der Waals surface area contributed by atoms with Crippen LogP contribution in [0.4, 0.5) is 0 Å². The first kappa shape index (κ1) is 15.3. The van der Waals surface area contributed by atoms with Gasteiger partial charge in [-0.1, -0.05) is 37.3 Å². The second kappa shape index (κ2) is 6.59. The molecular weight excluding hydrogens is 264 g/mol. The Morgan fingerprint density at radius 2 is 1.90 bits per heavy atom. The van der Waals surface area contributed by atoms with E-state index in [1.54, 1.807) is 6.26 Å². The van der Waals surface area contributed by atoms with Gasteiger partial charge in [0.05, 0.1) is 11.8 Å². The molecule has 4 heteroatoms. The van der Waals surface area contributed by atoms with E-state index in [1.165, 1.54) is 0 Å². The minimum absolute atomic E-state index is 0.0606. The van der Waals surface area contributed by atoms with Gasteiger partial charge in [-0.2, -0.15) is 0 Å². The largest absolute Gasteiger partial charge is 0.467 e. The van der Waals surface area contributed by atoms with E-state index < -0.39 is 5.54 Å². The standard InChI is InChI=1S/C17H22N2O2/c1-4-18-17(2,3)16(20)19-15(14-11-8-12-21-14)13-9-6-5-7-10-13/h5-12,15,18H,4H2,1-3H3,(H,19,20). The molecule has 2 rings (SSSR count). The summed E-state index contributed by atoms with van der Waals surface area (Å²) in [7, 11) is 0. The highest BCUT2D eigenvalue weighted by Gasteiger charge is 2.29. The van der Waals surface area contributed by atoms with E-state index in [9.17, 15) is 4.79 Å². The summed E-state index contributed by atoms with van der Waals surface area (Å²) in [5.41, 5.74) is 0.363. The van der Waals surface area contributed by atoms with Crippen molar-refractivity contribution in [2.75, 3.05) is 6.54 Å². The maximum Gasteiger partial charge on any atom is 0.240 e. The van der Waals surface area contributed by atoms with Gasteiger partial charge in [-0.25, -0.2) is 0 Å². The predicted molar refractivity (Wildman–Crippen MR) is 82.9 cm³/mol. The van der Waals surface area contributed by atoms with Gasteiger partial charge in [-0.15, -0.1) is 0 Å². The Hall–Kier alpha value is -2.07. The first-order valence-electron chi connectivity index (χ1n) is 7.19. The van der Waals surface area contributed by atoms with Crippen LogP contribution in [0.25, 0.3) is 0 Å². The van der Waals surface area contributed by atoms with Gasteiger partial charge in [-0.05, 0) is 38.1 Å². The average Bonchev–Trinajstić information content (AvgIpc) is 2.99. The number of carbonyl (C=O) groups excluding carboxylic acids is 1. The highest BCUT2D eigenvalue weighted by atomic mass is 16.3. The van der Waals surface area contributed by atoms with Crippen molar-refractivity contribution in [3.05, 3.63) is 60.1 Å². The van der Waals surface area contributed by atoms with Crippen molar-refractivity contribution in [3.8, 4) is 0 Å². The molecule has 0 radical (unpaired) electrons. The number of amides is 1. The van der Waals surface area contributed by atoms with Gasteiger partial charge in [0, 0.05) is 0 Å². The molecule has 0 aliphatic heterocycles. The summed E-state index contributed by atoms with van der Waals surface area (Å²) >= 11 is 0. The first-order chi connectivity index (χ1) is 10.0. The second-order valence-corrected chi connectivity index (χ2v) is 5.49. The molecule has 2 aromatic rings. The summed E-state index contributed by atoms with van der Waals surface area (Å²) in [5.74, 6) is 0.663. The van der Waals surface area contributed by atoms with Gasteiger partial charge in [0.1, 0.15) is 11.8 Å². The average molecular weight is 286 g/mol. The molecule has 0 fully saturated rings. The van der Waals surface area contributed by atoms with Crippen molar-refractivity contribution in [1.29, 1.82) is 0 Å². The highest BCUT2D eigenvalue weighted by molar-refractivity contribution is 5.86. The summed E-state index contributed by atoms with van der Waals surface area (Å²) in [4.78, 5) is 12.5. The summed E-state index contributed by atoms with van der Waals surface area (Å²) in [6, 6.07) is 13.2. The van der Waals surface area contributed by atoms with Crippen LogP contribution in [0.1, 0.15) is 38.1 Å². The first-order valence-corrected chi connectivity index (χ1v) is 7.19. The second-order valence-electron chi connectivity index (χ2n) is 5.49. The number of hydrogen-bond donors (Lipinski definition) is 2. The highest BCUT2D eigenvalue weighted by Crippen LogP contribution is 2.23. The van der Waals surface area contributed by atoms with E-state index in [-0.39, 0.29) is 11.9 Å². The van der Waals surface area contributed by atoms with Crippen molar-refractivity contribution >= 4 is 5.91 Å². The van der Waals surface area contributed by atoms with Gasteiger partial charge < -0.3 is 15.1 Å². The number of likely N-dealkylation sites (N-methyl/N-ethyl adjacent to an activating group) is 1. The van der Waals surface area contributed by atoms with E-state index in [4.69, 9.17) is 4.42 Å². The van der Waals surface area contributed by atoms with Crippen molar-refractivity contribution in [2.24, 2.45) is 0 Å². The van der Waals surface area contributed by atoms with Crippen LogP contribution in [-0.4, -0.2) is 18.0 Å². The molecule has 112 valence electrons. The molecule has 0 saturated carbocycles. The van der Waals surface area contributed by atoms with E-state index in [2.05, 4.69) is 10.6 Å². The Balaban J connectivity index is 2.24. The Kier molecular flexibility index (Phi) is 4.81. The third-order valence-corrected chi connectivity index (χ3v) is 3.42. The van der Waals surface area contributed by atoms with E-state index >= 15 is 0 Å². The molecular formula is C17H22N2O2. The normalized spacial score (nSPS) is 12.9. The van der Waals surface area contributed by atoms with Crippen LogP contribution in [0.3, 0.4) is 0 Å². The summed E-state index contributed by atoms with van der Waals surface area (Å²) in [6.07, 6.45) is 1.62. The van der Waals surface area contributed by atoms with Crippen LogP contribution in [0, 0.1) is 0 Å². The minimum Gasteiger partial charge on any atom is -0.467 e. The fourth-order valence-corrected chi connectivity index (χ4v) is 2.25. The Morgan fingerprint density at radius 1 is 1.19 bits per heavy atom. The molecule has 1 unspecified atom stereocenters. The zero-order valence-electron chi connectivity index (χ0n) is 12.7. The van der Waals surface area contributed by atoms with E-state index in [0.717, 1.165) is 17.9 Å². The number of furan rings is 1. The smallest absolute Gasteiger partial charge is 0.240 e. The molecule has 0 spiro atoms. The molecule has 2 N–H and O–H groups in total. The molecule has 0 saturated heterocycles. The monoisotopic (exact) mass is 286 g/mol. The van der Waals surface area contributed by atoms with Crippen LogP contribution in [-0.2, 0) is 4.79 Å². The van der Waals surface area contributed by atoms with Gasteiger partial charge in [0.25, 0.3) is 0 Å². The molecule has 1 heterocycles. The number of hydrogen-bond acceptors (Lipinski definition) is 3.